The summed E-state index contributed by atoms with van der Waals surface area (Å²) in [5.41, 5.74) is 0.686. The van der Waals surface area contributed by atoms with Gasteiger partial charge in [0.2, 0.25) is 5.78 Å². The first kappa shape index (κ1) is 35.6. The van der Waals surface area contributed by atoms with Crippen LogP contribution in [0.4, 0.5) is 0 Å². The van der Waals surface area contributed by atoms with Crippen molar-refractivity contribution in [3.05, 3.63) is 47.5 Å². The second kappa shape index (κ2) is 19.2. The summed E-state index contributed by atoms with van der Waals surface area (Å²) < 4.78 is 4.98. The van der Waals surface area contributed by atoms with Crippen LogP contribution in [-0.2, 0) is 0 Å². The van der Waals surface area contributed by atoms with E-state index in [0.29, 0.717) is 11.3 Å². The summed E-state index contributed by atoms with van der Waals surface area (Å²) in [5.74, 6) is -0.305. The number of rotatable bonds is 2. The van der Waals surface area contributed by atoms with Crippen LogP contribution in [0.15, 0.2) is 36.4 Å². The number of aromatic hydroxyl groups is 3. The van der Waals surface area contributed by atoms with Crippen molar-refractivity contribution < 1.29 is 69.4 Å². The summed E-state index contributed by atoms with van der Waals surface area (Å²) in [4.78, 5) is 21.9. The maximum atomic E-state index is 11.0. The second-order valence-corrected chi connectivity index (χ2v) is 4.92. The zero-order chi connectivity index (χ0) is 21.0. The summed E-state index contributed by atoms with van der Waals surface area (Å²) in [6.07, 6.45) is 0. The van der Waals surface area contributed by atoms with Gasteiger partial charge in [-0.15, -0.1) is 11.6 Å². The number of fused-ring (bicyclic) bond motifs is 1. The molecule has 2 aromatic rings. The van der Waals surface area contributed by atoms with Crippen LogP contribution in [0.1, 0.15) is 35.6 Å². The molecule has 0 atom stereocenters. The number of Topliss-reactive ketones (excluding diaryl/α,β-unsaturated/α-hetero) is 2. The first-order chi connectivity index (χ1) is 12.9. The van der Waals surface area contributed by atoms with Crippen LogP contribution < -0.4 is 39.4 Å². The summed E-state index contributed by atoms with van der Waals surface area (Å²) in [7, 11) is 1.75. The van der Waals surface area contributed by atoms with E-state index in [0.717, 1.165) is 20.3 Å². The number of hydrogen-bond donors (Lipinski definition) is 4. The third-order valence-electron chi connectivity index (χ3n) is 3.03. The topological polar surface area (TPSA) is 147 Å². The molecule has 0 aromatic heterocycles. The molecule has 3 rings (SSSR count). The molecule has 0 saturated carbocycles. The molecule has 8 nitrogen and oxygen atoms in total. The molecule has 30 heavy (non-hydrogen) atoms. The molecule has 0 bridgehead atoms. The van der Waals surface area contributed by atoms with E-state index < -0.39 is 0 Å². The van der Waals surface area contributed by atoms with Gasteiger partial charge in [0.15, 0.2) is 12.4 Å². The molecule has 0 fully saturated rings. The van der Waals surface area contributed by atoms with Crippen molar-refractivity contribution in [3.8, 4) is 23.0 Å². The van der Waals surface area contributed by atoms with E-state index in [2.05, 4.69) is 0 Å². The van der Waals surface area contributed by atoms with Crippen molar-refractivity contribution in [3.63, 3.8) is 0 Å². The summed E-state index contributed by atoms with van der Waals surface area (Å²) in [6.45, 7) is 0.0960. The third kappa shape index (κ3) is 10.8. The average molecular weight is 455 g/mol. The summed E-state index contributed by atoms with van der Waals surface area (Å²) in [5, 5.41) is 42.3. The van der Waals surface area contributed by atoms with Crippen LogP contribution >= 0.6 is 11.6 Å². The number of phenolic OH excluding ortho intramolecular Hbond substituents is 3. The molecule has 1 heterocycles. The monoisotopic (exact) mass is 454 g/mol. The fourth-order valence-corrected chi connectivity index (χ4v) is 2.05. The Morgan fingerprint density at radius 1 is 1.03 bits per heavy atom. The van der Waals surface area contributed by atoms with E-state index in [-0.39, 0.29) is 91.3 Å². The number of benzene rings is 2. The van der Waals surface area contributed by atoms with E-state index in [1.54, 1.807) is 6.07 Å². The van der Waals surface area contributed by atoms with Crippen LogP contribution in [0.3, 0.4) is 0 Å². The second-order valence-electron chi connectivity index (χ2n) is 4.65. The maximum absolute atomic E-state index is 11.0. The molecule has 0 saturated heterocycles. The quantitative estimate of drug-likeness (QED) is 0.266. The van der Waals surface area contributed by atoms with E-state index >= 15 is 0 Å². The molecule has 10 heteroatoms. The normalized spacial score (nSPS) is 9.57. The van der Waals surface area contributed by atoms with E-state index in [9.17, 15) is 9.59 Å². The van der Waals surface area contributed by atoms with E-state index in [4.69, 9.17) is 41.9 Å². The number of aliphatic hydroxyl groups excluding tert-OH is 1. The van der Waals surface area contributed by atoms with Crippen LogP contribution in [0, 0.1) is 0 Å². The Hall–Kier alpha value is -1.81. The molecule has 0 spiro atoms. The molecule has 0 amide bonds. The number of phenols is 3. The minimum atomic E-state index is -0.367. The SMILES string of the molecule is C.C.CO.C[O-].O=C(CCl)c1ccc(O)cc1O.O=C1COc2cc(O)ccc21.[Na+]. The minimum absolute atomic E-state index is 0. The summed E-state index contributed by atoms with van der Waals surface area (Å²) in [6, 6.07) is 8.24. The fraction of sp³-hybridized carbons (Fsp3) is 0.300. The number of carbonyl (C=O) groups is 2. The fourth-order valence-electron chi connectivity index (χ4n) is 1.91. The van der Waals surface area contributed by atoms with Gasteiger partial charge in [-0.3, -0.25) is 9.59 Å². The van der Waals surface area contributed by atoms with Crippen molar-refractivity contribution >= 4 is 23.2 Å². The van der Waals surface area contributed by atoms with Crippen LogP contribution in [0.25, 0.3) is 0 Å². The number of carbonyl (C=O) groups excluding carboxylic acids is 2. The van der Waals surface area contributed by atoms with Crippen molar-refractivity contribution in [1.82, 2.24) is 0 Å². The van der Waals surface area contributed by atoms with Gasteiger partial charge in [-0.25, -0.2) is 0 Å². The van der Waals surface area contributed by atoms with Crippen molar-refractivity contribution in [2.24, 2.45) is 0 Å². The number of aliphatic hydroxyl groups is 1. The Morgan fingerprint density at radius 2 is 1.53 bits per heavy atom. The smallest absolute Gasteiger partial charge is 0.857 e. The number of hydrogen-bond acceptors (Lipinski definition) is 8. The van der Waals surface area contributed by atoms with Gasteiger partial charge in [0.25, 0.3) is 0 Å². The molecule has 2 aromatic carbocycles. The Bertz CT molecular complexity index is 768. The van der Waals surface area contributed by atoms with Gasteiger partial charge < -0.3 is 30.3 Å². The first-order valence-corrected chi connectivity index (χ1v) is 7.91. The largest absolute Gasteiger partial charge is 1.00 e. The molecule has 1 aliphatic heterocycles. The van der Waals surface area contributed by atoms with Gasteiger partial charge in [-0.2, -0.15) is 7.11 Å². The molecular formula is C20H28ClNaO8. The molecular weight excluding hydrogens is 427 g/mol. The Labute approximate surface area is 204 Å². The Morgan fingerprint density at radius 3 is 2.03 bits per heavy atom. The van der Waals surface area contributed by atoms with Crippen LogP contribution in [-0.4, -0.2) is 58.7 Å². The first-order valence-electron chi connectivity index (χ1n) is 7.38. The van der Waals surface area contributed by atoms with Gasteiger partial charge in [0.1, 0.15) is 23.0 Å². The van der Waals surface area contributed by atoms with Gasteiger partial charge in [-0.05, 0) is 24.3 Å². The van der Waals surface area contributed by atoms with Gasteiger partial charge in [0, 0.05) is 19.2 Å². The molecule has 0 radical (unpaired) electrons. The van der Waals surface area contributed by atoms with E-state index in [1.165, 1.54) is 24.3 Å². The predicted molar refractivity (Wildman–Crippen MR) is 110 cm³/mol. The molecule has 1 aliphatic rings. The van der Waals surface area contributed by atoms with Crippen LogP contribution in [0.2, 0.25) is 0 Å². The third-order valence-corrected chi connectivity index (χ3v) is 3.27. The molecule has 0 aliphatic carbocycles. The van der Waals surface area contributed by atoms with Gasteiger partial charge >= 0.3 is 29.6 Å². The zero-order valence-electron chi connectivity index (χ0n) is 15.7. The van der Waals surface area contributed by atoms with Gasteiger partial charge in [0.05, 0.1) is 17.0 Å². The van der Waals surface area contributed by atoms with Crippen LogP contribution in [0.5, 0.6) is 23.0 Å². The Balaban J connectivity index is -0.000000178. The summed E-state index contributed by atoms with van der Waals surface area (Å²) >= 11 is 5.28. The predicted octanol–water partition coefficient (Wildman–Crippen LogP) is -0.652. The van der Waals surface area contributed by atoms with Crippen molar-refractivity contribution in [1.29, 1.82) is 0 Å². The number of alkyl halides is 1. The van der Waals surface area contributed by atoms with Crippen molar-refractivity contribution in [2.75, 3.05) is 26.7 Å². The maximum Gasteiger partial charge on any atom is 1.00 e. The number of ketones is 2. The molecule has 164 valence electrons. The zero-order valence-corrected chi connectivity index (χ0v) is 18.4. The van der Waals surface area contributed by atoms with Crippen molar-refractivity contribution in [2.45, 2.75) is 14.9 Å². The molecule has 0 unspecified atom stereocenters. The van der Waals surface area contributed by atoms with E-state index in [1.807, 2.05) is 0 Å². The number of halogens is 1. The van der Waals surface area contributed by atoms with Gasteiger partial charge in [-0.1, -0.05) is 14.9 Å². The standard InChI is InChI=1S/C8H7ClO3.C8H6O3.CH4O.CH3O.2CH4.Na/c9-4-8(12)6-2-1-5(10)3-7(6)11;9-5-1-2-6-7(10)4-11-8(6)3-5;2*1-2;;;/h1-3,10-11H,4H2;1-3,9H,4H2;2H,1H3;1H3;2*1H4;/q;;;-1;;;+1. The molecule has 4 N–H and O–H groups in total. The Kier molecular flexibility index (Phi) is 22.8. The average Bonchev–Trinajstić information content (AvgIpc) is 3.05. The minimum Gasteiger partial charge on any atom is -0.857 e. The number of ether oxygens (including phenoxy) is 1.